The van der Waals surface area contributed by atoms with Gasteiger partial charge in [0.1, 0.15) is 0 Å². The zero-order valence-corrected chi connectivity index (χ0v) is 15.2. The Morgan fingerprint density at radius 2 is 1.60 bits per heavy atom. The molecule has 0 aliphatic heterocycles. The molecule has 0 saturated carbocycles. The molecule has 25 heavy (non-hydrogen) atoms. The minimum atomic E-state index is 1.06. The lowest BCUT2D eigenvalue weighted by Gasteiger charge is -2.21. The molecule has 0 saturated heterocycles. The maximum absolute atomic E-state index is 2.56. The Hall–Kier alpha value is -2.32. The first-order chi connectivity index (χ1) is 12.2. The topological polar surface area (TPSA) is 8.17 Å². The molecule has 3 aromatic rings. The van der Waals surface area contributed by atoms with Crippen LogP contribution in [0.5, 0.6) is 0 Å². The Labute approximate surface area is 150 Å². The van der Waals surface area contributed by atoms with Crippen molar-refractivity contribution < 1.29 is 0 Å². The molecular formula is C23H26N2. The largest absolute Gasteiger partial charge is 0.340 e. The van der Waals surface area contributed by atoms with Crippen LogP contribution in [-0.2, 0) is 19.4 Å². The lowest BCUT2D eigenvalue weighted by atomic mass is 9.90. The second-order valence-corrected chi connectivity index (χ2v) is 7.24. The summed E-state index contributed by atoms with van der Waals surface area (Å²) < 4.78 is 2.56. The number of benzene rings is 2. The molecule has 2 nitrogen and oxygen atoms in total. The van der Waals surface area contributed by atoms with Crippen LogP contribution in [0, 0.1) is 0 Å². The minimum Gasteiger partial charge on any atom is -0.340 e. The molecule has 1 aromatic heterocycles. The van der Waals surface area contributed by atoms with Crippen LogP contribution in [0.1, 0.15) is 17.5 Å². The van der Waals surface area contributed by atoms with E-state index in [2.05, 4.69) is 84.2 Å². The first kappa shape index (κ1) is 16.2. The van der Waals surface area contributed by atoms with E-state index in [1.165, 1.54) is 33.6 Å². The standard InChI is InChI=1S/C23H26N2/c1-24(2)15-8-16-25-22(19-10-4-3-5-11-19)17-20-14-13-18-9-6-7-12-21(18)23(20)25/h3-7,9-12,17H,8,13-16H2,1-2H3. The Bertz CT molecular complexity index is 859. The van der Waals surface area contributed by atoms with E-state index in [-0.39, 0.29) is 0 Å². The molecule has 2 heteroatoms. The Morgan fingerprint density at radius 3 is 2.40 bits per heavy atom. The molecule has 0 atom stereocenters. The zero-order valence-electron chi connectivity index (χ0n) is 15.2. The summed E-state index contributed by atoms with van der Waals surface area (Å²) in [4.78, 5) is 2.27. The summed E-state index contributed by atoms with van der Waals surface area (Å²) in [6, 6.07) is 22.2. The van der Waals surface area contributed by atoms with Gasteiger partial charge in [-0.25, -0.2) is 0 Å². The number of nitrogens with zero attached hydrogens (tertiary/aromatic N) is 2. The van der Waals surface area contributed by atoms with Crippen LogP contribution in [0.3, 0.4) is 0 Å². The van der Waals surface area contributed by atoms with Crippen molar-refractivity contribution in [2.45, 2.75) is 25.8 Å². The quantitative estimate of drug-likeness (QED) is 0.648. The lowest BCUT2D eigenvalue weighted by Crippen LogP contribution is -2.16. The first-order valence-corrected chi connectivity index (χ1v) is 9.25. The SMILES string of the molecule is CN(C)CCCn1c(-c2ccccc2)cc2c1-c1ccccc1CC2. The maximum Gasteiger partial charge on any atom is 0.0520 e. The van der Waals surface area contributed by atoms with Gasteiger partial charge in [0.15, 0.2) is 0 Å². The average Bonchev–Trinajstić information content (AvgIpc) is 3.01. The third-order valence-corrected chi connectivity index (χ3v) is 5.17. The van der Waals surface area contributed by atoms with Crippen LogP contribution < -0.4 is 0 Å². The van der Waals surface area contributed by atoms with Gasteiger partial charge in [-0.15, -0.1) is 0 Å². The van der Waals surface area contributed by atoms with E-state index in [1.54, 1.807) is 0 Å². The molecule has 0 bridgehead atoms. The molecular weight excluding hydrogens is 304 g/mol. The molecule has 0 unspecified atom stereocenters. The Morgan fingerprint density at radius 1 is 0.880 bits per heavy atom. The minimum absolute atomic E-state index is 1.06. The van der Waals surface area contributed by atoms with Crippen LogP contribution in [0.25, 0.3) is 22.5 Å². The van der Waals surface area contributed by atoms with Crippen molar-refractivity contribution in [3.05, 3.63) is 71.8 Å². The molecule has 0 amide bonds. The van der Waals surface area contributed by atoms with E-state index in [9.17, 15) is 0 Å². The summed E-state index contributed by atoms with van der Waals surface area (Å²) in [5, 5.41) is 0. The van der Waals surface area contributed by atoms with E-state index in [4.69, 9.17) is 0 Å². The van der Waals surface area contributed by atoms with E-state index in [0.29, 0.717) is 0 Å². The monoisotopic (exact) mass is 330 g/mol. The van der Waals surface area contributed by atoms with E-state index in [0.717, 1.165) is 32.4 Å². The van der Waals surface area contributed by atoms with E-state index < -0.39 is 0 Å². The zero-order chi connectivity index (χ0) is 17.2. The fraction of sp³-hybridized carbons (Fsp3) is 0.304. The number of aromatic nitrogens is 1. The average molecular weight is 330 g/mol. The fourth-order valence-corrected chi connectivity index (χ4v) is 3.98. The molecule has 1 aliphatic carbocycles. The first-order valence-electron chi connectivity index (χ1n) is 9.25. The predicted octanol–water partition coefficient (Wildman–Crippen LogP) is 4.87. The van der Waals surface area contributed by atoms with Crippen LogP contribution in [0.2, 0.25) is 0 Å². The molecule has 0 N–H and O–H groups in total. The van der Waals surface area contributed by atoms with Crippen LogP contribution in [0.15, 0.2) is 60.7 Å². The smallest absolute Gasteiger partial charge is 0.0520 e. The van der Waals surface area contributed by atoms with Crippen molar-refractivity contribution >= 4 is 0 Å². The van der Waals surface area contributed by atoms with Crippen molar-refractivity contribution in [2.24, 2.45) is 0 Å². The third-order valence-electron chi connectivity index (χ3n) is 5.17. The van der Waals surface area contributed by atoms with Crippen molar-refractivity contribution in [3.8, 4) is 22.5 Å². The van der Waals surface area contributed by atoms with E-state index in [1.807, 2.05) is 0 Å². The van der Waals surface area contributed by atoms with Crippen LogP contribution in [-0.4, -0.2) is 30.1 Å². The number of aryl methyl sites for hydroxylation is 2. The van der Waals surface area contributed by atoms with Crippen LogP contribution in [0.4, 0.5) is 0 Å². The summed E-state index contributed by atoms with van der Waals surface area (Å²) in [5.74, 6) is 0. The summed E-state index contributed by atoms with van der Waals surface area (Å²) >= 11 is 0. The molecule has 1 aliphatic rings. The normalized spacial score (nSPS) is 12.9. The highest BCUT2D eigenvalue weighted by Crippen LogP contribution is 2.39. The summed E-state index contributed by atoms with van der Waals surface area (Å²) in [6.45, 7) is 2.18. The van der Waals surface area contributed by atoms with Gasteiger partial charge in [-0.2, -0.15) is 0 Å². The summed E-state index contributed by atoms with van der Waals surface area (Å²) in [6.07, 6.45) is 3.46. The van der Waals surface area contributed by atoms with Gasteiger partial charge < -0.3 is 9.47 Å². The summed E-state index contributed by atoms with van der Waals surface area (Å²) in [5.41, 5.74) is 8.54. The van der Waals surface area contributed by atoms with Crippen molar-refractivity contribution in [2.75, 3.05) is 20.6 Å². The van der Waals surface area contributed by atoms with Crippen molar-refractivity contribution in [1.29, 1.82) is 0 Å². The second kappa shape index (κ2) is 6.89. The third kappa shape index (κ3) is 3.14. The van der Waals surface area contributed by atoms with Gasteiger partial charge in [-0.05, 0) is 62.7 Å². The van der Waals surface area contributed by atoms with Gasteiger partial charge in [0.2, 0.25) is 0 Å². The molecule has 0 fully saturated rings. The molecule has 128 valence electrons. The van der Waals surface area contributed by atoms with Gasteiger partial charge in [0, 0.05) is 17.8 Å². The van der Waals surface area contributed by atoms with Gasteiger partial charge in [-0.1, -0.05) is 54.6 Å². The van der Waals surface area contributed by atoms with Gasteiger partial charge in [-0.3, -0.25) is 0 Å². The highest BCUT2D eigenvalue weighted by atomic mass is 15.1. The highest BCUT2D eigenvalue weighted by molar-refractivity contribution is 5.76. The second-order valence-electron chi connectivity index (χ2n) is 7.24. The van der Waals surface area contributed by atoms with Gasteiger partial charge >= 0.3 is 0 Å². The van der Waals surface area contributed by atoms with Crippen LogP contribution >= 0.6 is 0 Å². The van der Waals surface area contributed by atoms with E-state index >= 15 is 0 Å². The van der Waals surface area contributed by atoms with Gasteiger partial charge in [0.25, 0.3) is 0 Å². The Kier molecular flexibility index (Phi) is 4.46. The molecule has 1 heterocycles. The van der Waals surface area contributed by atoms with Crippen molar-refractivity contribution in [1.82, 2.24) is 9.47 Å². The summed E-state index contributed by atoms with van der Waals surface area (Å²) in [7, 11) is 4.30. The number of rotatable bonds is 5. The maximum atomic E-state index is 2.56. The number of hydrogen-bond acceptors (Lipinski definition) is 1. The highest BCUT2D eigenvalue weighted by Gasteiger charge is 2.22. The molecule has 2 aromatic carbocycles. The fourth-order valence-electron chi connectivity index (χ4n) is 3.98. The molecule has 4 rings (SSSR count). The molecule has 0 spiro atoms. The lowest BCUT2D eigenvalue weighted by molar-refractivity contribution is 0.387. The number of hydrogen-bond donors (Lipinski definition) is 0. The van der Waals surface area contributed by atoms with Gasteiger partial charge in [0.05, 0.1) is 5.69 Å². The number of fused-ring (bicyclic) bond motifs is 3. The predicted molar refractivity (Wildman–Crippen MR) is 106 cm³/mol. The Balaban J connectivity index is 1.82. The molecule has 0 radical (unpaired) electrons. The van der Waals surface area contributed by atoms with Crippen molar-refractivity contribution in [3.63, 3.8) is 0 Å².